The van der Waals surface area contributed by atoms with Crippen LogP contribution < -0.4 is 0 Å². The minimum atomic E-state index is -2.24. The Labute approximate surface area is 61.0 Å². The molecule has 0 amide bonds. The van der Waals surface area contributed by atoms with Crippen molar-refractivity contribution in [1.29, 1.82) is 0 Å². The molecule has 0 aromatic carbocycles. The molecule has 0 spiro atoms. The number of nitrogens with zero attached hydrogens (tertiary/aromatic N) is 1. The highest BCUT2D eigenvalue weighted by molar-refractivity contribution is 4.71. The Hall–Kier alpha value is -0.180. The predicted molar refractivity (Wildman–Crippen MR) is 38.3 cm³/mol. The van der Waals surface area contributed by atoms with E-state index in [1.165, 1.54) is 0 Å². The van der Waals surface area contributed by atoms with Crippen molar-refractivity contribution < 1.29 is 8.78 Å². The van der Waals surface area contributed by atoms with E-state index in [1.807, 2.05) is 0 Å². The summed E-state index contributed by atoms with van der Waals surface area (Å²) in [4.78, 5) is 1.56. The van der Waals surface area contributed by atoms with E-state index in [1.54, 1.807) is 32.8 Å². The van der Waals surface area contributed by atoms with Crippen molar-refractivity contribution >= 4 is 0 Å². The molecule has 0 radical (unpaired) electrons. The Morgan fingerprint density at radius 3 is 1.50 bits per heavy atom. The molecule has 1 nitrogen and oxygen atoms in total. The molecular formula is C7H15F2N. The molecule has 3 heteroatoms. The van der Waals surface area contributed by atoms with Gasteiger partial charge in [0.2, 0.25) is 0 Å². The van der Waals surface area contributed by atoms with E-state index in [-0.39, 0.29) is 5.92 Å². The summed E-state index contributed by atoms with van der Waals surface area (Å²) in [6.45, 7) is 3.60. The van der Waals surface area contributed by atoms with E-state index in [4.69, 9.17) is 0 Å². The highest BCUT2D eigenvalue weighted by Gasteiger charge is 2.25. The fourth-order valence-electron chi connectivity index (χ4n) is 1.11. The molecule has 0 heterocycles. The van der Waals surface area contributed by atoms with Crippen molar-refractivity contribution in [3.8, 4) is 0 Å². The van der Waals surface area contributed by atoms with Gasteiger partial charge in [0.25, 0.3) is 6.43 Å². The average Bonchev–Trinajstić information content (AvgIpc) is 1.59. The van der Waals surface area contributed by atoms with Crippen LogP contribution in [0.2, 0.25) is 0 Å². The van der Waals surface area contributed by atoms with E-state index in [2.05, 4.69) is 0 Å². The zero-order valence-electron chi connectivity index (χ0n) is 6.94. The van der Waals surface area contributed by atoms with Crippen LogP contribution in [-0.4, -0.2) is 31.5 Å². The maximum absolute atomic E-state index is 12.2. The Morgan fingerprint density at radius 1 is 1.10 bits per heavy atom. The first kappa shape index (κ1) is 9.82. The summed E-state index contributed by atoms with van der Waals surface area (Å²) in [5.41, 5.74) is 0. The lowest BCUT2D eigenvalue weighted by atomic mass is 10.0. The van der Waals surface area contributed by atoms with E-state index in [0.29, 0.717) is 0 Å². The van der Waals surface area contributed by atoms with Gasteiger partial charge in [-0.25, -0.2) is 8.78 Å². The lowest BCUT2D eigenvalue weighted by molar-refractivity contribution is 0.0252. The van der Waals surface area contributed by atoms with E-state index in [9.17, 15) is 8.78 Å². The van der Waals surface area contributed by atoms with Gasteiger partial charge in [-0.15, -0.1) is 0 Å². The van der Waals surface area contributed by atoms with Crippen molar-refractivity contribution in [2.45, 2.75) is 26.3 Å². The van der Waals surface area contributed by atoms with Gasteiger partial charge in [-0.3, -0.25) is 0 Å². The van der Waals surface area contributed by atoms with Crippen molar-refractivity contribution in [3.05, 3.63) is 0 Å². The molecule has 0 aliphatic carbocycles. The molecule has 0 aromatic heterocycles. The summed E-state index contributed by atoms with van der Waals surface area (Å²) < 4.78 is 24.3. The minimum absolute atomic E-state index is 0.00926. The van der Waals surface area contributed by atoms with Gasteiger partial charge < -0.3 is 4.90 Å². The zero-order chi connectivity index (χ0) is 8.31. The van der Waals surface area contributed by atoms with Crippen LogP contribution in [-0.2, 0) is 0 Å². The van der Waals surface area contributed by atoms with Gasteiger partial charge in [0.15, 0.2) is 0 Å². The van der Waals surface area contributed by atoms with Crippen molar-refractivity contribution in [2.24, 2.45) is 5.92 Å². The molecular weight excluding hydrogens is 136 g/mol. The first-order chi connectivity index (χ1) is 4.46. The second-order valence-corrected chi connectivity index (χ2v) is 3.03. The highest BCUT2D eigenvalue weighted by Crippen LogP contribution is 2.15. The van der Waals surface area contributed by atoms with Crippen molar-refractivity contribution in [2.75, 3.05) is 14.1 Å². The summed E-state index contributed by atoms with van der Waals surface area (Å²) in [7, 11) is 3.35. The Bertz CT molecular complexity index is 72.6. The fraction of sp³-hybridized carbons (Fsp3) is 1.00. The van der Waals surface area contributed by atoms with Crippen LogP contribution in [0.1, 0.15) is 13.8 Å². The standard InChI is InChI=1S/C7H15F2N/c1-5(2)6(7(8)9)10(3)4/h5-7H,1-4H3. The number of alkyl halides is 2. The molecule has 62 valence electrons. The smallest absolute Gasteiger partial charge is 0.254 e. The lowest BCUT2D eigenvalue weighted by Gasteiger charge is -2.26. The molecule has 10 heavy (non-hydrogen) atoms. The van der Waals surface area contributed by atoms with Crippen molar-refractivity contribution in [3.63, 3.8) is 0 Å². The van der Waals surface area contributed by atoms with Gasteiger partial charge in [-0.1, -0.05) is 13.8 Å². The molecule has 0 fully saturated rings. The predicted octanol–water partition coefficient (Wildman–Crippen LogP) is 1.84. The first-order valence-corrected chi connectivity index (χ1v) is 3.41. The molecule has 1 atom stereocenters. The molecule has 0 aliphatic rings. The minimum Gasteiger partial charge on any atom is -0.301 e. The van der Waals surface area contributed by atoms with Crippen LogP contribution in [0.25, 0.3) is 0 Å². The summed E-state index contributed by atoms with van der Waals surface area (Å²) in [6, 6.07) is -0.611. The summed E-state index contributed by atoms with van der Waals surface area (Å²) in [6.07, 6.45) is -2.24. The Kier molecular flexibility index (Phi) is 3.79. The van der Waals surface area contributed by atoms with Gasteiger partial charge in [0.1, 0.15) is 0 Å². The SMILES string of the molecule is CC(C)C(C(F)F)N(C)C. The quantitative estimate of drug-likeness (QED) is 0.595. The molecule has 0 N–H and O–H groups in total. The molecule has 0 aliphatic heterocycles. The summed E-state index contributed by atoms with van der Waals surface area (Å²) in [5, 5.41) is 0. The van der Waals surface area contributed by atoms with Gasteiger partial charge in [0, 0.05) is 0 Å². The van der Waals surface area contributed by atoms with E-state index in [0.717, 1.165) is 0 Å². The maximum atomic E-state index is 12.2. The summed E-state index contributed by atoms with van der Waals surface area (Å²) in [5.74, 6) is 0.00926. The third kappa shape index (κ3) is 2.60. The van der Waals surface area contributed by atoms with Crippen LogP contribution in [0.4, 0.5) is 8.78 Å². The van der Waals surface area contributed by atoms with Gasteiger partial charge in [-0.2, -0.15) is 0 Å². The van der Waals surface area contributed by atoms with Gasteiger partial charge >= 0.3 is 0 Å². The third-order valence-corrected chi connectivity index (χ3v) is 1.54. The maximum Gasteiger partial charge on any atom is 0.254 e. The first-order valence-electron chi connectivity index (χ1n) is 3.41. The topological polar surface area (TPSA) is 3.24 Å². The number of halogens is 2. The van der Waals surface area contributed by atoms with Crippen LogP contribution >= 0.6 is 0 Å². The second kappa shape index (κ2) is 3.86. The van der Waals surface area contributed by atoms with Crippen LogP contribution in [0.15, 0.2) is 0 Å². The Morgan fingerprint density at radius 2 is 1.50 bits per heavy atom. The molecule has 0 saturated heterocycles. The second-order valence-electron chi connectivity index (χ2n) is 3.03. The van der Waals surface area contributed by atoms with Gasteiger partial charge in [-0.05, 0) is 20.0 Å². The van der Waals surface area contributed by atoms with Crippen molar-refractivity contribution in [1.82, 2.24) is 4.90 Å². The number of rotatable bonds is 3. The molecule has 0 aromatic rings. The van der Waals surface area contributed by atoms with Crippen LogP contribution in [0.5, 0.6) is 0 Å². The lowest BCUT2D eigenvalue weighted by Crippen LogP contribution is -2.38. The van der Waals surface area contributed by atoms with E-state index >= 15 is 0 Å². The Balaban J connectivity index is 3.98. The third-order valence-electron chi connectivity index (χ3n) is 1.54. The fourth-order valence-corrected chi connectivity index (χ4v) is 1.11. The van der Waals surface area contributed by atoms with Crippen LogP contribution in [0.3, 0.4) is 0 Å². The highest BCUT2D eigenvalue weighted by atomic mass is 19.3. The molecule has 0 rings (SSSR count). The molecule has 0 saturated carbocycles. The normalized spacial score (nSPS) is 15.3. The summed E-state index contributed by atoms with van der Waals surface area (Å²) >= 11 is 0. The van der Waals surface area contributed by atoms with Gasteiger partial charge in [0.05, 0.1) is 6.04 Å². The number of hydrogen-bond acceptors (Lipinski definition) is 1. The van der Waals surface area contributed by atoms with Crippen LogP contribution in [0, 0.1) is 5.92 Å². The zero-order valence-corrected chi connectivity index (χ0v) is 6.94. The molecule has 1 unspecified atom stereocenters. The number of hydrogen-bond donors (Lipinski definition) is 0. The molecule has 0 bridgehead atoms. The largest absolute Gasteiger partial charge is 0.301 e. The average molecular weight is 151 g/mol. The van der Waals surface area contributed by atoms with E-state index < -0.39 is 12.5 Å². The monoisotopic (exact) mass is 151 g/mol.